The van der Waals surface area contributed by atoms with Crippen molar-refractivity contribution in [2.24, 2.45) is 0 Å². The summed E-state index contributed by atoms with van der Waals surface area (Å²) < 4.78 is 5.16. The van der Waals surface area contributed by atoms with Crippen LogP contribution in [0.25, 0.3) is 10.9 Å². The van der Waals surface area contributed by atoms with Crippen LogP contribution in [0.1, 0.15) is 16.1 Å². The number of H-pyrrole nitrogens is 1. The molecule has 0 aliphatic carbocycles. The van der Waals surface area contributed by atoms with Crippen molar-refractivity contribution in [2.75, 3.05) is 13.7 Å². The Morgan fingerprint density at radius 1 is 1.38 bits per heavy atom. The van der Waals surface area contributed by atoms with Crippen LogP contribution < -0.4 is 10.1 Å². The van der Waals surface area contributed by atoms with Gasteiger partial charge in [-0.1, -0.05) is 0 Å². The van der Waals surface area contributed by atoms with Gasteiger partial charge in [-0.2, -0.15) is 0 Å². The van der Waals surface area contributed by atoms with Crippen molar-refractivity contribution in [3.63, 3.8) is 0 Å². The largest absolute Gasteiger partial charge is 0.497 e. The van der Waals surface area contributed by atoms with Gasteiger partial charge in [0.25, 0.3) is 5.91 Å². The lowest BCUT2D eigenvalue weighted by atomic mass is 10.1. The summed E-state index contributed by atoms with van der Waals surface area (Å²) >= 11 is 0. The molecule has 0 saturated heterocycles. The number of carbonyl (C=O) groups excluding carboxylic acids is 1. The number of methoxy groups -OCH3 is 1. The molecular formula is C12H12N2O2. The van der Waals surface area contributed by atoms with Crippen LogP contribution in [0.2, 0.25) is 0 Å². The first-order chi connectivity index (χ1) is 7.79. The molecule has 4 heteroatoms. The number of hydrogen-bond acceptors (Lipinski definition) is 2. The third-order valence-electron chi connectivity index (χ3n) is 2.97. The highest BCUT2D eigenvalue weighted by Crippen LogP contribution is 2.27. The molecule has 4 nitrogen and oxygen atoms in total. The molecule has 1 aliphatic rings. The Labute approximate surface area is 92.6 Å². The van der Waals surface area contributed by atoms with E-state index in [0.717, 1.165) is 34.3 Å². The van der Waals surface area contributed by atoms with Gasteiger partial charge in [0.05, 0.1) is 18.2 Å². The van der Waals surface area contributed by atoms with E-state index in [1.165, 1.54) is 0 Å². The Morgan fingerprint density at radius 2 is 2.25 bits per heavy atom. The Balaban J connectivity index is 2.28. The van der Waals surface area contributed by atoms with Gasteiger partial charge in [-0.3, -0.25) is 4.79 Å². The van der Waals surface area contributed by atoms with Crippen molar-refractivity contribution in [1.82, 2.24) is 10.3 Å². The maximum atomic E-state index is 11.8. The molecule has 1 amide bonds. The van der Waals surface area contributed by atoms with Crippen LogP contribution in [0.4, 0.5) is 0 Å². The van der Waals surface area contributed by atoms with E-state index >= 15 is 0 Å². The van der Waals surface area contributed by atoms with E-state index in [4.69, 9.17) is 4.74 Å². The summed E-state index contributed by atoms with van der Waals surface area (Å²) in [4.78, 5) is 15.0. The molecule has 2 N–H and O–H groups in total. The van der Waals surface area contributed by atoms with E-state index in [9.17, 15) is 4.79 Å². The average Bonchev–Trinajstić information content (AvgIpc) is 2.67. The Morgan fingerprint density at radius 3 is 3.06 bits per heavy atom. The van der Waals surface area contributed by atoms with Gasteiger partial charge < -0.3 is 15.0 Å². The molecule has 16 heavy (non-hydrogen) atoms. The van der Waals surface area contributed by atoms with Gasteiger partial charge >= 0.3 is 0 Å². The second-order valence-corrected chi connectivity index (χ2v) is 3.90. The fraction of sp³-hybridized carbons (Fsp3) is 0.250. The molecule has 0 spiro atoms. The fourth-order valence-electron chi connectivity index (χ4n) is 2.20. The number of amides is 1. The summed E-state index contributed by atoms with van der Waals surface area (Å²) in [5, 5.41) is 3.82. The number of nitrogens with one attached hydrogen (secondary N) is 2. The van der Waals surface area contributed by atoms with Gasteiger partial charge in [0.2, 0.25) is 0 Å². The molecule has 0 atom stereocenters. The molecule has 0 saturated carbocycles. The molecule has 0 unspecified atom stereocenters. The van der Waals surface area contributed by atoms with Crippen molar-refractivity contribution >= 4 is 16.8 Å². The van der Waals surface area contributed by atoms with Crippen molar-refractivity contribution in [1.29, 1.82) is 0 Å². The van der Waals surface area contributed by atoms with Crippen LogP contribution in [0, 0.1) is 0 Å². The fourth-order valence-corrected chi connectivity index (χ4v) is 2.20. The van der Waals surface area contributed by atoms with Gasteiger partial charge in [0.15, 0.2) is 0 Å². The first kappa shape index (κ1) is 9.27. The summed E-state index contributed by atoms with van der Waals surface area (Å²) in [5.41, 5.74) is 2.76. The molecule has 1 aromatic heterocycles. The minimum Gasteiger partial charge on any atom is -0.497 e. The molecular weight excluding hydrogens is 204 g/mol. The Bertz CT molecular complexity index is 572. The highest BCUT2D eigenvalue weighted by atomic mass is 16.5. The van der Waals surface area contributed by atoms with Gasteiger partial charge in [-0.25, -0.2) is 0 Å². The smallest absolute Gasteiger partial charge is 0.253 e. The second kappa shape index (κ2) is 3.27. The number of rotatable bonds is 1. The van der Waals surface area contributed by atoms with Crippen LogP contribution >= 0.6 is 0 Å². The normalized spacial score (nSPS) is 14.7. The number of aromatic amines is 1. The van der Waals surface area contributed by atoms with E-state index < -0.39 is 0 Å². The third-order valence-corrected chi connectivity index (χ3v) is 2.97. The monoisotopic (exact) mass is 216 g/mol. The maximum absolute atomic E-state index is 11.8. The lowest BCUT2D eigenvalue weighted by Gasteiger charge is -2.11. The summed E-state index contributed by atoms with van der Waals surface area (Å²) in [5.74, 6) is 0.809. The van der Waals surface area contributed by atoms with Gasteiger partial charge in [0, 0.05) is 30.1 Å². The number of carbonyl (C=O) groups is 1. The molecule has 2 aromatic rings. The first-order valence-electron chi connectivity index (χ1n) is 5.26. The zero-order chi connectivity index (χ0) is 11.1. The van der Waals surface area contributed by atoms with Crippen molar-refractivity contribution in [3.8, 4) is 5.75 Å². The van der Waals surface area contributed by atoms with Crippen LogP contribution in [0.3, 0.4) is 0 Å². The molecule has 0 bridgehead atoms. The Hall–Kier alpha value is -1.97. The molecule has 82 valence electrons. The number of hydrogen-bond donors (Lipinski definition) is 2. The van der Waals surface area contributed by atoms with Crippen LogP contribution in [0.5, 0.6) is 5.75 Å². The molecule has 1 aliphatic heterocycles. The molecule has 0 radical (unpaired) electrons. The lowest BCUT2D eigenvalue weighted by molar-refractivity contribution is 0.0947. The van der Waals surface area contributed by atoms with Crippen molar-refractivity contribution < 1.29 is 9.53 Å². The van der Waals surface area contributed by atoms with Gasteiger partial charge in [-0.05, 0) is 12.1 Å². The van der Waals surface area contributed by atoms with Crippen LogP contribution in [-0.2, 0) is 6.42 Å². The molecule has 1 aromatic carbocycles. The van der Waals surface area contributed by atoms with E-state index in [-0.39, 0.29) is 5.91 Å². The molecule has 0 fully saturated rings. The number of aromatic nitrogens is 1. The quantitative estimate of drug-likeness (QED) is 0.758. The lowest BCUT2D eigenvalue weighted by Crippen LogP contribution is -2.31. The number of benzene rings is 1. The minimum absolute atomic E-state index is 0.0117. The zero-order valence-electron chi connectivity index (χ0n) is 8.96. The third kappa shape index (κ3) is 1.19. The highest BCUT2D eigenvalue weighted by molar-refractivity contribution is 6.09. The van der Waals surface area contributed by atoms with E-state index in [2.05, 4.69) is 10.3 Å². The predicted molar refractivity (Wildman–Crippen MR) is 60.9 cm³/mol. The van der Waals surface area contributed by atoms with Gasteiger partial charge in [-0.15, -0.1) is 0 Å². The zero-order valence-corrected chi connectivity index (χ0v) is 8.96. The summed E-state index contributed by atoms with van der Waals surface area (Å²) in [6.07, 6.45) is 0.859. The number of ether oxygens (including phenoxy) is 1. The standard InChI is InChI=1S/C12H12N2O2/c1-16-7-2-3-8-10(6-7)14-9-4-5-13-12(15)11(8)9/h2-3,6,14H,4-5H2,1H3,(H,13,15). The Kier molecular flexibility index (Phi) is 1.89. The predicted octanol–water partition coefficient (Wildman–Crippen LogP) is 1.46. The summed E-state index contributed by atoms with van der Waals surface area (Å²) in [6.45, 7) is 0.704. The number of fused-ring (bicyclic) bond motifs is 3. The second-order valence-electron chi connectivity index (χ2n) is 3.90. The molecule has 3 rings (SSSR count). The minimum atomic E-state index is 0.0117. The van der Waals surface area contributed by atoms with E-state index in [1.54, 1.807) is 7.11 Å². The van der Waals surface area contributed by atoms with E-state index in [1.807, 2.05) is 18.2 Å². The average molecular weight is 216 g/mol. The SMILES string of the molecule is COc1ccc2c3c([nH]c2c1)CCNC3=O. The highest BCUT2D eigenvalue weighted by Gasteiger charge is 2.21. The molecule has 2 heterocycles. The summed E-state index contributed by atoms with van der Waals surface area (Å²) in [7, 11) is 1.64. The van der Waals surface area contributed by atoms with Crippen molar-refractivity contribution in [3.05, 3.63) is 29.5 Å². The van der Waals surface area contributed by atoms with E-state index in [0.29, 0.717) is 6.54 Å². The maximum Gasteiger partial charge on any atom is 0.253 e. The van der Waals surface area contributed by atoms with Gasteiger partial charge in [0.1, 0.15) is 5.75 Å². The van der Waals surface area contributed by atoms with Crippen LogP contribution in [0.15, 0.2) is 18.2 Å². The topological polar surface area (TPSA) is 54.1 Å². The summed E-state index contributed by atoms with van der Waals surface area (Å²) in [6, 6.07) is 5.72. The van der Waals surface area contributed by atoms with Crippen molar-refractivity contribution in [2.45, 2.75) is 6.42 Å². The first-order valence-corrected chi connectivity index (χ1v) is 5.26. The van der Waals surface area contributed by atoms with Crippen LogP contribution in [-0.4, -0.2) is 24.5 Å².